The number of anilines is 2. The molecule has 0 aliphatic rings. The van der Waals surface area contributed by atoms with Crippen molar-refractivity contribution >= 4 is 28.1 Å². The van der Waals surface area contributed by atoms with Crippen LogP contribution in [0.1, 0.15) is 23.2 Å². The van der Waals surface area contributed by atoms with Crippen LogP contribution in [0.15, 0.2) is 23.6 Å². The van der Waals surface area contributed by atoms with Gasteiger partial charge in [-0.1, -0.05) is 6.07 Å². The van der Waals surface area contributed by atoms with Crippen LogP contribution >= 0.6 is 11.3 Å². The van der Waals surface area contributed by atoms with Gasteiger partial charge in [0, 0.05) is 17.5 Å². The minimum absolute atomic E-state index is 0.00317. The highest BCUT2D eigenvalue weighted by Crippen LogP contribution is 2.15. The Balaban J connectivity index is 1.90. The third-order valence-corrected chi connectivity index (χ3v) is 3.41. The SMILES string of the molecule is Cc1cc(C)cc(NC(=O)CCc2csc(N)n2)c1. The van der Waals surface area contributed by atoms with Crippen molar-refractivity contribution in [2.45, 2.75) is 26.7 Å². The van der Waals surface area contributed by atoms with E-state index in [1.54, 1.807) is 0 Å². The number of aryl methyl sites for hydroxylation is 3. The summed E-state index contributed by atoms with van der Waals surface area (Å²) >= 11 is 1.40. The molecule has 1 amide bonds. The van der Waals surface area contributed by atoms with Crippen LogP contribution < -0.4 is 11.1 Å². The van der Waals surface area contributed by atoms with Gasteiger partial charge in [-0.05, 0) is 43.5 Å². The van der Waals surface area contributed by atoms with Crippen molar-refractivity contribution in [3.8, 4) is 0 Å². The highest BCUT2D eigenvalue weighted by Gasteiger charge is 2.06. The van der Waals surface area contributed by atoms with E-state index in [0.717, 1.165) is 22.5 Å². The van der Waals surface area contributed by atoms with Crippen LogP contribution in [0.5, 0.6) is 0 Å². The van der Waals surface area contributed by atoms with Crippen molar-refractivity contribution in [2.24, 2.45) is 0 Å². The second-order valence-corrected chi connectivity index (χ2v) is 5.49. The molecule has 0 atom stereocenters. The molecule has 0 saturated heterocycles. The molecule has 19 heavy (non-hydrogen) atoms. The Bertz CT molecular complexity index is 572. The molecule has 0 bridgehead atoms. The zero-order chi connectivity index (χ0) is 13.8. The molecule has 0 radical (unpaired) electrons. The van der Waals surface area contributed by atoms with Crippen molar-refractivity contribution in [2.75, 3.05) is 11.1 Å². The molecule has 2 aromatic rings. The summed E-state index contributed by atoms with van der Waals surface area (Å²) in [6, 6.07) is 6.01. The van der Waals surface area contributed by atoms with Crippen molar-refractivity contribution in [1.82, 2.24) is 4.98 Å². The van der Waals surface area contributed by atoms with Gasteiger partial charge >= 0.3 is 0 Å². The maximum absolute atomic E-state index is 11.8. The van der Waals surface area contributed by atoms with Crippen LogP contribution in [0, 0.1) is 13.8 Å². The molecular formula is C14H17N3OS. The maximum atomic E-state index is 11.8. The van der Waals surface area contributed by atoms with E-state index in [2.05, 4.69) is 16.4 Å². The Labute approximate surface area is 116 Å². The number of carbonyl (C=O) groups excluding carboxylic acids is 1. The third kappa shape index (κ3) is 4.06. The predicted molar refractivity (Wildman–Crippen MR) is 79.4 cm³/mol. The summed E-state index contributed by atoms with van der Waals surface area (Å²) in [6.45, 7) is 4.03. The van der Waals surface area contributed by atoms with E-state index in [4.69, 9.17) is 5.73 Å². The maximum Gasteiger partial charge on any atom is 0.224 e. The van der Waals surface area contributed by atoms with Crippen LogP contribution in [0.3, 0.4) is 0 Å². The summed E-state index contributed by atoms with van der Waals surface area (Å²) in [5.74, 6) is -0.00317. The van der Waals surface area contributed by atoms with Crippen LogP contribution in [-0.2, 0) is 11.2 Å². The number of nitrogens with zero attached hydrogens (tertiary/aromatic N) is 1. The average molecular weight is 275 g/mol. The fraction of sp³-hybridized carbons (Fsp3) is 0.286. The number of nitrogens with one attached hydrogen (secondary N) is 1. The minimum atomic E-state index is -0.00317. The molecule has 2 rings (SSSR count). The lowest BCUT2D eigenvalue weighted by Crippen LogP contribution is -2.12. The number of amides is 1. The highest BCUT2D eigenvalue weighted by atomic mass is 32.1. The van der Waals surface area contributed by atoms with Crippen molar-refractivity contribution in [3.05, 3.63) is 40.4 Å². The number of hydrogen-bond donors (Lipinski definition) is 2. The van der Waals surface area contributed by atoms with E-state index >= 15 is 0 Å². The number of benzene rings is 1. The van der Waals surface area contributed by atoms with Gasteiger partial charge in [-0.15, -0.1) is 11.3 Å². The largest absolute Gasteiger partial charge is 0.375 e. The zero-order valence-corrected chi connectivity index (χ0v) is 11.9. The van der Waals surface area contributed by atoms with E-state index in [1.165, 1.54) is 11.3 Å². The first-order chi connectivity index (χ1) is 9.02. The second kappa shape index (κ2) is 5.84. The normalized spacial score (nSPS) is 10.4. The van der Waals surface area contributed by atoms with Gasteiger partial charge < -0.3 is 11.1 Å². The molecule has 1 aromatic carbocycles. The van der Waals surface area contributed by atoms with Crippen LogP contribution in [0.4, 0.5) is 10.8 Å². The number of thiazole rings is 1. The number of carbonyl (C=O) groups is 1. The molecule has 100 valence electrons. The number of nitrogens with two attached hydrogens (primary N) is 1. The highest BCUT2D eigenvalue weighted by molar-refractivity contribution is 7.13. The van der Waals surface area contributed by atoms with Gasteiger partial charge in [0.15, 0.2) is 5.13 Å². The van der Waals surface area contributed by atoms with Crippen LogP contribution in [-0.4, -0.2) is 10.9 Å². The Morgan fingerprint density at radius 1 is 1.32 bits per heavy atom. The summed E-state index contributed by atoms with van der Waals surface area (Å²) in [5.41, 5.74) is 9.55. The molecule has 1 heterocycles. The topological polar surface area (TPSA) is 68.0 Å². The fourth-order valence-electron chi connectivity index (χ4n) is 1.95. The average Bonchev–Trinajstić information content (AvgIpc) is 2.71. The molecule has 3 N–H and O–H groups in total. The van der Waals surface area contributed by atoms with E-state index < -0.39 is 0 Å². The summed E-state index contributed by atoms with van der Waals surface area (Å²) in [7, 11) is 0. The van der Waals surface area contributed by atoms with Crippen LogP contribution in [0.25, 0.3) is 0 Å². The van der Waals surface area contributed by atoms with Gasteiger partial charge in [-0.25, -0.2) is 4.98 Å². The molecular weight excluding hydrogens is 258 g/mol. The molecule has 4 nitrogen and oxygen atoms in total. The molecule has 0 fully saturated rings. The quantitative estimate of drug-likeness (QED) is 0.901. The zero-order valence-electron chi connectivity index (χ0n) is 11.1. The number of aromatic nitrogens is 1. The standard InChI is InChI=1S/C14H17N3OS/c1-9-5-10(2)7-12(6-9)16-13(18)4-3-11-8-19-14(15)17-11/h5-8H,3-4H2,1-2H3,(H2,15,17)(H,16,18). The van der Waals surface area contributed by atoms with Gasteiger partial charge in [-0.3, -0.25) is 4.79 Å². The molecule has 0 spiro atoms. The first kappa shape index (κ1) is 13.5. The monoisotopic (exact) mass is 275 g/mol. The van der Waals surface area contributed by atoms with Gasteiger partial charge in [-0.2, -0.15) is 0 Å². The van der Waals surface area contributed by atoms with Crippen molar-refractivity contribution in [1.29, 1.82) is 0 Å². The van der Waals surface area contributed by atoms with E-state index in [-0.39, 0.29) is 5.91 Å². The van der Waals surface area contributed by atoms with Gasteiger partial charge in [0.1, 0.15) is 0 Å². The van der Waals surface area contributed by atoms with E-state index in [1.807, 2.05) is 31.4 Å². The predicted octanol–water partition coefficient (Wildman–Crippen LogP) is 2.91. The van der Waals surface area contributed by atoms with Crippen molar-refractivity contribution < 1.29 is 4.79 Å². The molecule has 0 saturated carbocycles. The Morgan fingerprint density at radius 3 is 2.58 bits per heavy atom. The summed E-state index contributed by atoms with van der Waals surface area (Å²) < 4.78 is 0. The Hall–Kier alpha value is -1.88. The summed E-state index contributed by atoms with van der Waals surface area (Å²) in [4.78, 5) is 16.0. The Morgan fingerprint density at radius 2 is 2.00 bits per heavy atom. The molecule has 1 aromatic heterocycles. The number of hydrogen-bond acceptors (Lipinski definition) is 4. The third-order valence-electron chi connectivity index (χ3n) is 2.68. The lowest BCUT2D eigenvalue weighted by molar-refractivity contribution is -0.116. The number of rotatable bonds is 4. The lowest BCUT2D eigenvalue weighted by Gasteiger charge is -2.07. The van der Waals surface area contributed by atoms with Crippen molar-refractivity contribution in [3.63, 3.8) is 0 Å². The van der Waals surface area contributed by atoms with Crippen LogP contribution in [0.2, 0.25) is 0 Å². The first-order valence-corrected chi connectivity index (χ1v) is 6.99. The first-order valence-electron chi connectivity index (χ1n) is 6.11. The number of nitrogen functional groups attached to an aromatic ring is 1. The molecule has 0 aliphatic carbocycles. The van der Waals surface area contributed by atoms with E-state index in [0.29, 0.717) is 18.0 Å². The minimum Gasteiger partial charge on any atom is -0.375 e. The van der Waals surface area contributed by atoms with E-state index in [9.17, 15) is 4.79 Å². The second-order valence-electron chi connectivity index (χ2n) is 4.60. The Kier molecular flexibility index (Phi) is 4.16. The fourth-order valence-corrected chi connectivity index (χ4v) is 2.55. The molecule has 5 heteroatoms. The summed E-state index contributed by atoms with van der Waals surface area (Å²) in [5, 5.41) is 5.34. The van der Waals surface area contributed by atoms with Gasteiger partial charge in [0.2, 0.25) is 5.91 Å². The van der Waals surface area contributed by atoms with Gasteiger partial charge in [0.05, 0.1) is 5.69 Å². The molecule has 0 unspecified atom stereocenters. The summed E-state index contributed by atoms with van der Waals surface area (Å²) in [6.07, 6.45) is 1.03. The lowest BCUT2D eigenvalue weighted by atomic mass is 10.1. The molecule has 0 aliphatic heterocycles. The smallest absolute Gasteiger partial charge is 0.224 e. The van der Waals surface area contributed by atoms with Gasteiger partial charge in [0.25, 0.3) is 0 Å².